The molecule has 0 saturated carbocycles. The van der Waals surface area contributed by atoms with Gasteiger partial charge in [0.1, 0.15) is 23.9 Å². The highest BCUT2D eigenvalue weighted by atomic mass is 32.1. The summed E-state index contributed by atoms with van der Waals surface area (Å²) in [5.41, 5.74) is 11.7. The Kier molecular flexibility index (Phi) is 12.2. The molecule has 4 unspecified atom stereocenters. The lowest BCUT2D eigenvalue weighted by molar-refractivity contribution is -0.143. The smallest absolute Gasteiger partial charge is 0.326 e. The minimum atomic E-state index is -1.54. The first-order valence-corrected chi connectivity index (χ1v) is 11.3. The first-order valence-electron chi connectivity index (χ1n) is 10.6. The second-order valence-electron chi connectivity index (χ2n) is 7.78. The molecule has 0 aliphatic rings. The van der Waals surface area contributed by atoms with Crippen molar-refractivity contribution in [3.05, 3.63) is 29.8 Å². The van der Waals surface area contributed by atoms with Crippen molar-refractivity contribution < 1.29 is 44.1 Å². The molecule has 1 aromatic rings. The number of hydrogen-bond acceptors (Lipinski definition) is 9. The first kappa shape index (κ1) is 30.2. The van der Waals surface area contributed by atoms with E-state index in [9.17, 15) is 39.0 Å². The normalized spacial score (nSPS) is 13.9. The summed E-state index contributed by atoms with van der Waals surface area (Å²) in [6.45, 7) is 0. The van der Waals surface area contributed by atoms with Crippen LogP contribution in [0.3, 0.4) is 0 Å². The topological polar surface area (TPSA) is 251 Å². The van der Waals surface area contributed by atoms with Gasteiger partial charge in [-0.05, 0) is 30.5 Å². The van der Waals surface area contributed by atoms with Crippen LogP contribution in [0.5, 0.6) is 5.75 Å². The third-order valence-electron chi connectivity index (χ3n) is 4.84. The highest BCUT2D eigenvalue weighted by molar-refractivity contribution is 7.80. The Morgan fingerprint density at radius 1 is 0.861 bits per heavy atom. The van der Waals surface area contributed by atoms with Crippen LogP contribution >= 0.6 is 12.6 Å². The van der Waals surface area contributed by atoms with E-state index in [4.69, 9.17) is 16.6 Å². The van der Waals surface area contributed by atoms with E-state index in [2.05, 4.69) is 28.6 Å². The third-order valence-corrected chi connectivity index (χ3v) is 5.21. The van der Waals surface area contributed by atoms with Crippen LogP contribution in [0.1, 0.15) is 24.8 Å². The maximum absolute atomic E-state index is 12.7. The predicted molar refractivity (Wildman–Crippen MR) is 128 cm³/mol. The molecule has 1 aromatic carbocycles. The largest absolute Gasteiger partial charge is 0.508 e. The Hall–Kier alpha value is -3.85. The number of phenolic OH excluding ortho intramolecular Hbond substituents is 1. The van der Waals surface area contributed by atoms with Crippen LogP contribution in [0.15, 0.2) is 24.3 Å². The molecule has 198 valence electrons. The zero-order valence-corrected chi connectivity index (χ0v) is 19.9. The third kappa shape index (κ3) is 10.6. The van der Waals surface area contributed by atoms with Crippen molar-refractivity contribution in [2.75, 3.05) is 5.75 Å². The van der Waals surface area contributed by atoms with Crippen LogP contribution in [-0.2, 0) is 35.2 Å². The molecular formula is C21H29N5O9S. The monoisotopic (exact) mass is 527 g/mol. The zero-order valence-electron chi connectivity index (χ0n) is 19.0. The molecule has 15 heteroatoms. The number of carbonyl (C=O) groups is 6. The summed E-state index contributed by atoms with van der Waals surface area (Å²) < 4.78 is 0. The average Bonchev–Trinajstić information content (AvgIpc) is 2.80. The zero-order chi connectivity index (χ0) is 27.4. The molecule has 4 atom stereocenters. The molecule has 14 nitrogen and oxygen atoms in total. The molecule has 0 bridgehead atoms. The number of carboxylic acids is 2. The molecule has 0 aliphatic carbocycles. The Morgan fingerprint density at radius 3 is 1.89 bits per heavy atom. The number of rotatable bonds is 15. The van der Waals surface area contributed by atoms with Gasteiger partial charge < -0.3 is 42.7 Å². The number of carboxylic acid groups (broad SMARTS) is 2. The maximum atomic E-state index is 12.7. The van der Waals surface area contributed by atoms with Crippen molar-refractivity contribution in [1.82, 2.24) is 16.0 Å². The lowest BCUT2D eigenvalue weighted by Gasteiger charge is -2.24. The summed E-state index contributed by atoms with van der Waals surface area (Å²) in [6, 6.07) is 0.355. The van der Waals surface area contributed by atoms with Gasteiger partial charge in [0.05, 0.1) is 12.5 Å². The molecule has 0 aromatic heterocycles. The summed E-state index contributed by atoms with van der Waals surface area (Å²) >= 11 is 3.96. The number of benzene rings is 1. The van der Waals surface area contributed by atoms with Gasteiger partial charge in [-0.1, -0.05) is 12.1 Å². The van der Waals surface area contributed by atoms with Crippen LogP contribution in [0.4, 0.5) is 0 Å². The molecule has 0 aliphatic heterocycles. The van der Waals surface area contributed by atoms with E-state index in [0.717, 1.165) is 0 Å². The van der Waals surface area contributed by atoms with E-state index in [-0.39, 0.29) is 17.9 Å². The van der Waals surface area contributed by atoms with Crippen LogP contribution < -0.4 is 27.4 Å². The van der Waals surface area contributed by atoms with E-state index in [1.54, 1.807) is 12.1 Å². The highest BCUT2D eigenvalue weighted by Crippen LogP contribution is 2.11. The van der Waals surface area contributed by atoms with Gasteiger partial charge in [-0.15, -0.1) is 0 Å². The van der Waals surface area contributed by atoms with Gasteiger partial charge in [0, 0.05) is 12.2 Å². The van der Waals surface area contributed by atoms with Gasteiger partial charge in [-0.25, -0.2) is 4.79 Å². The van der Waals surface area contributed by atoms with E-state index in [1.807, 2.05) is 0 Å². The highest BCUT2D eigenvalue weighted by Gasteiger charge is 2.30. The summed E-state index contributed by atoms with van der Waals surface area (Å²) in [5.74, 6) is -6.69. The standard InChI is InChI=1S/C21H29N5O9S/c22-12(7-10-1-3-11(27)4-2-10)18(31)25-14(8-16(23)28)19(32)26-15(9-36)20(33)24-13(21(34)35)5-6-17(29)30/h1-4,12-15,27,36H,5-9,22H2,(H2,23,28)(H,24,33)(H,25,31)(H,26,32)(H,29,30)(H,34,35). The summed E-state index contributed by atoms with van der Waals surface area (Å²) in [4.78, 5) is 71.2. The summed E-state index contributed by atoms with van der Waals surface area (Å²) in [5, 5.41) is 33.9. The number of hydrogen-bond donors (Lipinski definition) is 9. The molecule has 0 saturated heterocycles. The minimum Gasteiger partial charge on any atom is -0.508 e. The molecule has 0 fully saturated rings. The maximum Gasteiger partial charge on any atom is 0.326 e. The number of amides is 4. The Balaban J connectivity index is 2.85. The van der Waals surface area contributed by atoms with Crippen molar-refractivity contribution in [1.29, 1.82) is 0 Å². The second kappa shape index (κ2) is 14.5. The number of phenols is 1. The number of nitrogens with two attached hydrogens (primary N) is 2. The predicted octanol–water partition coefficient (Wildman–Crippen LogP) is -2.53. The van der Waals surface area contributed by atoms with E-state index >= 15 is 0 Å². The fraction of sp³-hybridized carbons (Fsp3) is 0.429. The van der Waals surface area contributed by atoms with E-state index in [0.29, 0.717) is 5.56 Å². The van der Waals surface area contributed by atoms with Gasteiger partial charge in [0.2, 0.25) is 23.6 Å². The second-order valence-corrected chi connectivity index (χ2v) is 8.15. The van der Waals surface area contributed by atoms with Crippen LogP contribution in [0.2, 0.25) is 0 Å². The number of thiol groups is 1. The summed E-state index contributed by atoms with van der Waals surface area (Å²) in [7, 11) is 0. The van der Waals surface area contributed by atoms with E-state index < -0.39 is 79.0 Å². The lowest BCUT2D eigenvalue weighted by Crippen LogP contribution is -2.58. The average molecular weight is 528 g/mol. The fourth-order valence-corrected chi connectivity index (χ4v) is 3.19. The first-order chi connectivity index (χ1) is 16.8. The molecule has 36 heavy (non-hydrogen) atoms. The van der Waals surface area contributed by atoms with Crippen LogP contribution in [0.25, 0.3) is 0 Å². The van der Waals surface area contributed by atoms with Gasteiger partial charge >= 0.3 is 11.9 Å². The molecule has 1 rings (SSSR count). The number of nitrogens with one attached hydrogen (secondary N) is 3. The van der Waals surface area contributed by atoms with Gasteiger partial charge in [0.25, 0.3) is 0 Å². The lowest BCUT2D eigenvalue weighted by atomic mass is 10.0. The molecule has 4 amide bonds. The van der Waals surface area contributed by atoms with Crippen LogP contribution in [-0.4, -0.2) is 80.8 Å². The summed E-state index contributed by atoms with van der Waals surface area (Å²) in [6.07, 6.45) is -1.50. The SMILES string of the molecule is NC(=O)CC(NC(=O)C(N)Cc1ccc(O)cc1)C(=O)NC(CS)C(=O)NC(CCC(=O)O)C(=O)O. The van der Waals surface area contributed by atoms with Crippen molar-refractivity contribution in [3.8, 4) is 5.75 Å². The number of primary amides is 1. The van der Waals surface area contributed by atoms with Crippen molar-refractivity contribution in [2.45, 2.75) is 49.9 Å². The minimum absolute atomic E-state index is 0.0225. The van der Waals surface area contributed by atoms with E-state index in [1.165, 1.54) is 12.1 Å². The Labute approximate surface area is 211 Å². The van der Waals surface area contributed by atoms with Gasteiger partial charge in [-0.3, -0.25) is 24.0 Å². The van der Waals surface area contributed by atoms with Gasteiger partial charge in [0.15, 0.2) is 0 Å². The van der Waals surface area contributed by atoms with Crippen molar-refractivity contribution >= 4 is 48.2 Å². The van der Waals surface area contributed by atoms with Crippen molar-refractivity contribution in [2.24, 2.45) is 11.5 Å². The quantitative estimate of drug-likeness (QED) is 0.108. The number of aromatic hydroxyl groups is 1. The van der Waals surface area contributed by atoms with Crippen molar-refractivity contribution in [3.63, 3.8) is 0 Å². The number of aliphatic carboxylic acids is 2. The molecule has 10 N–H and O–H groups in total. The molecule has 0 heterocycles. The molecular weight excluding hydrogens is 498 g/mol. The Bertz CT molecular complexity index is 973. The fourth-order valence-electron chi connectivity index (χ4n) is 2.93. The molecule has 0 spiro atoms. The Morgan fingerprint density at radius 2 is 1.39 bits per heavy atom. The molecule has 0 radical (unpaired) electrons. The number of carbonyl (C=O) groups excluding carboxylic acids is 4. The van der Waals surface area contributed by atoms with Gasteiger partial charge in [-0.2, -0.15) is 12.6 Å². The van der Waals surface area contributed by atoms with Crippen LogP contribution in [0, 0.1) is 0 Å².